The molecule has 1 heterocycles. The average molecular weight is 281 g/mol. The lowest BCUT2D eigenvalue weighted by molar-refractivity contribution is 0.589. The van der Waals surface area contributed by atoms with Gasteiger partial charge in [-0.2, -0.15) is 0 Å². The molecule has 1 fully saturated rings. The summed E-state index contributed by atoms with van der Waals surface area (Å²) in [5.41, 5.74) is 1.31. The Labute approximate surface area is 121 Å². The van der Waals surface area contributed by atoms with Crippen molar-refractivity contribution in [2.24, 2.45) is 0 Å². The summed E-state index contributed by atoms with van der Waals surface area (Å²) in [6.45, 7) is 10.9. The van der Waals surface area contributed by atoms with E-state index in [1.54, 1.807) is 0 Å². The first-order chi connectivity index (χ1) is 9.15. The van der Waals surface area contributed by atoms with Crippen molar-refractivity contribution in [2.75, 3.05) is 11.4 Å². The van der Waals surface area contributed by atoms with Crippen molar-refractivity contribution in [3.8, 4) is 0 Å². The Bertz CT molecular complexity index is 396. The molecule has 0 unspecified atom stereocenters. The van der Waals surface area contributed by atoms with Gasteiger partial charge in [-0.3, -0.25) is 0 Å². The van der Waals surface area contributed by atoms with Crippen LogP contribution in [0.2, 0.25) is 0 Å². The maximum Gasteiger partial charge on any atom is 0.186 e. The Kier molecular flexibility index (Phi) is 5.22. The molecule has 0 aliphatic heterocycles. The second kappa shape index (κ2) is 6.71. The van der Waals surface area contributed by atoms with Crippen molar-refractivity contribution in [2.45, 2.75) is 72.0 Å². The van der Waals surface area contributed by atoms with Gasteiger partial charge in [-0.1, -0.05) is 27.2 Å². The third-order valence-corrected chi connectivity index (χ3v) is 4.63. The van der Waals surface area contributed by atoms with Crippen LogP contribution in [0.25, 0.3) is 0 Å². The van der Waals surface area contributed by atoms with Crippen molar-refractivity contribution >= 4 is 16.5 Å². The molecule has 3 nitrogen and oxygen atoms in total. The summed E-state index contributed by atoms with van der Waals surface area (Å²) in [7, 11) is 0. The minimum atomic E-state index is 0.533. The summed E-state index contributed by atoms with van der Waals surface area (Å²) < 4.78 is 0. The third-order valence-electron chi connectivity index (χ3n) is 3.50. The molecule has 0 atom stereocenters. The summed E-state index contributed by atoms with van der Waals surface area (Å²) in [5.74, 6) is 0. The van der Waals surface area contributed by atoms with E-state index in [1.165, 1.54) is 35.0 Å². The predicted molar refractivity (Wildman–Crippen MR) is 84.1 cm³/mol. The Hall–Kier alpha value is -0.610. The van der Waals surface area contributed by atoms with Gasteiger partial charge in [-0.25, -0.2) is 4.98 Å². The highest BCUT2D eigenvalue weighted by atomic mass is 32.1. The highest BCUT2D eigenvalue weighted by molar-refractivity contribution is 7.15. The fourth-order valence-corrected chi connectivity index (χ4v) is 3.49. The van der Waals surface area contributed by atoms with Crippen LogP contribution in [0.4, 0.5) is 5.13 Å². The van der Waals surface area contributed by atoms with E-state index in [9.17, 15) is 0 Å². The van der Waals surface area contributed by atoms with Crippen LogP contribution in [0.5, 0.6) is 0 Å². The first kappa shape index (κ1) is 14.8. The molecule has 4 heteroatoms. The van der Waals surface area contributed by atoms with E-state index < -0.39 is 0 Å². The van der Waals surface area contributed by atoms with Gasteiger partial charge in [-0.05, 0) is 26.2 Å². The number of thiazole rings is 1. The van der Waals surface area contributed by atoms with Crippen LogP contribution in [0, 0.1) is 0 Å². The van der Waals surface area contributed by atoms with Crippen molar-refractivity contribution in [3.05, 3.63) is 10.6 Å². The van der Waals surface area contributed by atoms with Crippen LogP contribution in [-0.2, 0) is 13.0 Å². The molecule has 1 aromatic heterocycles. The van der Waals surface area contributed by atoms with Crippen molar-refractivity contribution in [3.63, 3.8) is 0 Å². The van der Waals surface area contributed by atoms with E-state index in [1.807, 2.05) is 11.3 Å². The number of aromatic nitrogens is 1. The van der Waals surface area contributed by atoms with E-state index in [-0.39, 0.29) is 0 Å². The van der Waals surface area contributed by atoms with Crippen molar-refractivity contribution < 1.29 is 0 Å². The van der Waals surface area contributed by atoms with Crippen LogP contribution < -0.4 is 10.2 Å². The highest BCUT2D eigenvalue weighted by Gasteiger charge is 2.30. The lowest BCUT2D eigenvalue weighted by atomic mass is 10.2. The van der Waals surface area contributed by atoms with Crippen LogP contribution in [0.3, 0.4) is 0 Å². The molecule has 2 rings (SSSR count). The van der Waals surface area contributed by atoms with Gasteiger partial charge in [0, 0.05) is 30.1 Å². The Morgan fingerprint density at radius 2 is 2.11 bits per heavy atom. The quantitative estimate of drug-likeness (QED) is 0.789. The zero-order valence-electron chi connectivity index (χ0n) is 12.7. The van der Waals surface area contributed by atoms with E-state index in [0.29, 0.717) is 6.04 Å². The van der Waals surface area contributed by atoms with Crippen molar-refractivity contribution in [1.82, 2.24) is 10.3 Å². The number of aryl methyl sites for hydroxylation is 1. The van der Waals surface area contributed by atoms with Crippen LogP contribution >= 0.6 is 11.3 Å². The summed E-state index contributed by atoms with van der Waals surface area (Å²) in [5, 5.41) is 4.77. The molecular formula is C15H27N3S. The van der Waals surface area contributed by atoms with E-state index in [2.05, 4.69) is 37.9 Å². The number of hydrogen-bond donors (Lipinski definition) is 1. The molecule has 1 saturated carbocycles. The minimum absolute atomic E-state index is 0.533. The molecular weight excluding hydrogens is 254 g/mol. The number of anilines is 1. The summed E-state index contributed by atoms with van der Waals surface area (Å²) in [6, 6.07) is 1.29. The minimum Gasteiger partial charge on any atom is -0.345 e. The van der Waals surface area contributed by atoms with Gasteiger partial charge >= 0.3 is 0 Å². The summed E-state index contributed by atoms with van der Waals surface area (Å²) in [4.78, 5) is 8.84. The van der Waals surface area contributed by atoms with E-state index in [0.717, 1.165) is 25.6 Å². The van der Waals surface area contributed by atoms with Gasteiger partial charge in [0.15, 0.2) is 5.13 Å². The molecule has 1 aromatic rings. The monoisotopic (exact) mass is 281 g/mol. The molecule has 1 aliphatic carbocycles. The lowest BCUT2D eigenvalue weighted by Gasteiger charge is -2.18. The standard InChI is InChI=1S/C15H27N3S/c1-5-7-13-14(10-16-11(3)4)19-15(17-13)18(6-2)12-8-9-12/h11-12,16H,5-10H2,1-4H3. The molecule has 0 radical (unpaired) electrons. The van der Waals surface area contributed by atoms with Crippen molar-refractivity contribution in [1.29, 1.82) is 0 Å². The molecule has 1 aliphatic rings. The number of nitrogens with one attached hydrogen (secondary N) is 1. The van der Waals surface area contributed by atoms with E-state index in [4.69, 9.17) is 4.98 Å². The maximum atomic E-state index is 4.91. The number of rotatable bonds is 8. The molecule has 108 valence electrons. The van der Waals surface area contributed by atoms with Gasteiger partial charge in [0.2, 0.25) is 0 Å². The Morgan fingerprint density at radius 1 is 1.37 bits per heavy atom. The Balaban J connectivity index is 2.13. The molecule has 0 saturated heterocycles. The van der Waals surface area contributed by atoms with E-state index >= 15 is 0 Å². The average Bonchev–Trinajstić information content (AvgIpc) is 3.11. The van der Waals surface area contributed by atoms with Gasteiger partial charge in [-0.15, -0.1) is 11.3 Å². The van der Waals surface area contributed by atoms with Gasteiger partial charge < -0.3 is 10.2 Å². The second-order valence-electron chi connectivity index (χ2n) is 5.67. The summed E-state index contributed by atoms with van der Waals surface area (Å²) >= 11 is 1.89. The predicted octanol–water partition coefficient (Wildman–Crippen LogP) is 3.58. The lowest BCUT2D eigenvalue weighted by Crippen LogP contribution is -2.24. The SMILES string of the molecule is CCCc1nc(N(CC)C2CC2)sc1CNC(C)C. The van der Waals surface area contributed by atoms with Crippen LogP contribution in [0.1, 0.15) is 57.5 Å². The molecule has 19 heavy (non-hydrogen) atoms. The number of nitrogens with zero attached hydrogens (tertiary/aromatic N) is 2. The molecule has 1 N–H and O–H groups in total. The normalized spacial score (nSPS) is 15.2. The van der Waals surface area contributed by atoms with Gasteiger partial charge in [0.1, 0.15) is 0 Å². The maximum absolute atomic E-state index is 4.91. The van der Waals surface area contributed by atoms with Crippen LogP contribution in [-0.4, -0.2) is 23.6 Å². The molecule has 0 aromatic carbocycles. The smallest absolute Gasteiger partial charge is 0.186 e. The third kappa shape index (κ3) is 3.93. The molecule has 0 spiro atoms. The molecule has 0 amide bonds. The fourth-order valence-electron chi connectivity index (χ4n) is 2.30. The fraction of sp³-hybridized carbons (Fsp3) is 0.800. The van der Waals surface area contributed by atoms with Gasteiger partial charge in [0.05, 0.1) is 5.69 Å². The zero-order chi connectivity index (χ0) is 13.8. The molecule has 0 bridgehead atoms. The first-order valence-electron chi connectivity index (χ1n) is 7.64. The van der Waals surface area contributed by atoms with Crippen LogP contribution in [0.15, 0.2) is 0 Å². The highest BCUT2D eigenvalue weighted by Crippen LogP contribution is 2.35. The Morgan fingerprint density at radius 3 is 2.63 bits per heavy atom. The summed E-state index contributed by atoms with van der Waals surface area (Å²) in [6.07, 6.45) is 4.97. The largest absolute Gasteiger partial charge is 0.345 e. The first-order valence-corrected chi connectivity index (χ1v) is 8.45. The topological polar surface area (TPSA) is 28.2 Å². The second-order valence-corrected chi connectivity index (χ2v) is 6.73. The zero-order valence-corrected chi connectivity index (χ0v) is 13.5. The number of hydrogen-bond acceptors (Lipinski definition) is 4. The van der Waals surface area contributed by atoms with Gasteiger partial charge in [0.25, 0.3) is 0 Å².